The number of likely N-dealkylation sites (tertiary alicyclic amines) is 1. The molecule has 0 aromatic heterocycles. The summed E-state index contributed by atoms with van der Waals surface area (Å²) in [6.07, 6.45) is 0.519. The second-order valence-corrected chi connectivity index (χ2v) is 7.04. The fourth-order valence-electron chi connectivity index (χ4n) is 2.76. The molecule has 0 radical (unpaired) electrons. The highest BCUT2D eigenvalue weighted by atomic mass is 35.5. The quantitative estimate of drug-likeness (QED) is 0.824. The van der Waals surface area contributed by atoms with Gasteiger partial charge in [-0.25, -0.2) is 4.99 Å². The van der Waals surface area contributed by atoms with Crippen LogP contribution < -0.4 is 0 Å². The number of carbonyl (C=O) groups is 1. The van der Waals surface area contributed by atoms with Gasteiger partial charge in [0, 0.05) is 16.3 Å². The Kier molecular flexibility index (Phi) is 3.43. The van der Waals surface area contributed by atoms with Gasteiger partial charge in [-0.1, -0.05) is 35.9 Å². The van der Waals surface area contributed by atoms with E-state index in [0.717, 1.165) is 22.0 Å². The number of fused-ring (bicyclic) bond motifs is 2. The number of nitrogens with zero attached hydrogens (tertiary/aromatic N) is 2. The number of thioether (sulfide) groups is 1. The van der Waals surface area contributed by atoms with Crippen LogP contribution in [0.3, 0.4) is 0 Å². The first kappa shape index (κ1) is 13.9. The smallest absolute Gasteiger partial charge is 0.229 e. The molecule has 0 spiro atoms. The number of hydrogen-bond acceptors (Lipinski definition) is 3. The molecule has 4 rings (SSSR count). The lowest BCUT2D eigenvalue weighted by Crippen LogP contribution is -2.31. The predicted molar refractivity (Wildman–Crippen MR) is 89.8 cm³/mol. The number of para-hydroxylation sites is 1. The Morgan fingerprint density at radius 2 is 1.95 bits per heavy atom. The van der Waals surface area contributed by atoms with Gasteiger partial charge in [-0.05, 0) is 29.8 Å². The molecule has 2 aromatic rings. The summed E-state index contributed by atoms with van der Waals surface area (Å²) in [7, 11) is 0. The van der Waals surface area contributed by atoms with Crippen LogP contribution in [-0.2, 0) is 11.3 Å². The maximum absolute atomic E-state index is 12.4. The summed E-state index contributed by atoms with van der Waals surface area (Å²) in [6.45, 7) is 0.550. The summed E-state index contributed by atoms with van der Waals surface area (Å²) >= 11 is 7.65. The number of benzene rings is 2. The zero-order chi connectivity index (χ0) is 15.1. The molecule has 0 aliphatic carbocycles. The molecule has 0 bridgehead atoms. The van der Waals surface area contributed by atoms with Crippen molar-refractivity contribution < 1.29 is 4.79 Å². The molecule has 1 saturated heterocycles. The number of aliphatic imine (C=N–C) groups is 1. The molecule has 110 valence electrons. The highest BCUT2D eigenvalue weighted by molar-refractivity contribution is 8.01. The summed E-state index contributed by atoms with van der Waals surface area (Å²) in [4.78, 5) is 20.0. The van der Waals surface area contributed by atoms with E-state index < -0.39 is 0 Å². The first-order valence-electron chi connectivity index (χ1n) is 7.10. The van der Waals surface area contributed by atoms with Gasteiger partial charge in [-0.2, -0.15) is 0 Å². The third-order valence-corrected chi connectivity index (χ3v) is 5.36. The van der Waals surface area contributed by atoms with Gasteiger partial charge in [-0.15, -0.1) is 11.8 Å². The Morgan fingerprint density at radius 3 is 2.77 bits per heavy atom. The minimum Gasteiger partial charge on any atom is -0.295 e. The highest BCUT2D eigenvalue weighted by Gasteiger charge is 2.39. The van der Waals surface area contributed by atoms with Gasteiger partial charge in [0.15, 0.2) is 0 Å². The molecule has 1 atom stereocenters. The van der Waals surface area contributed by atoms with Gasteiger partial charge in [0.2, 0.25) is 5.91 Å². The summed E-state index contributed by atoms with van der Waals surface area (Å²) in [5, 5.41) is 0.837. The van der Waals surface area contributed by atoms with Gasteiger partial charge in [0.25, 0.3) is 0 Å². The number of carbonyl (C=O) groups excluding carboxylic acids is 1. The highest BCUT2D eigenvalue weighted by Crippen LogP contribution is 2.42. The predicted octanol–water partition coefficient (Wildman–Crippen LogP) is 4.28. The second-order valence-electron chi connectivity index (χ2n) is 5.35. The lowest BCUT2D eigenvalue weighted by molar-refractivity contribution is -0.126. The van der Waals surface area contributed by atoms with E-state index in [9.17, 15) is 4.79 Å². The summed E-state index contributed by atoms with van der Waals surface area (Å²) in [5.41, 5.74) is 2.01. The monoisotopic (exact) mass is 328 g/mol. The van der Waals surface area contributed by atoms with Crippen molar-refractivity contribution in [3.05, 3.63) is 59.1 Å². The average Bonchev–Trinajstić information content (AvgIpc) is 2.82. The maximum atomic E-state index is 12.4. The zero-order valence-electron chi connectivity index (χ0n) is 11.7. The van der Waals surface area contributed by atoms with E-state index in [-0.39, 0.29) is 11.2 Å². The van der Waals surface area contributed by atoms with Crippen LogP contribution in [0.5, 0.6) is 0 Å². The van der Waals surface area contributed by atoms with Crippen LogP contribution >= 0.6 is 23.4 Å². The largest absolute Gasteiger partial charge is 0.295 e. The van der Waals surface area contributed by atoms with Crippen molar-refractivity contribution in [2.24, 2.45) is 4.99 Å². The van der Waals surface area contributed by atoms with E-state index in [1.54, 1.807) is 16.7 Å². The van der Waals surface area contributed by atoms with Crippen LogP contribution in [0.4, 0.5) is 5.69 Å². The fraction of sp³-hybridized carbons (Fsp3) is 0.176. The summed E-state index contributed by atoms with van der Waals surface area (Å²) in [6, 6.07) is 15.6. The Hall–Kier alpha value is -1.78. The molecular weight excluding hydrogens is 316 g/mol. The number of hydrogen-bond donors (Lipinski definition) is 0. The molecular formula is C17H13ClN2OS. The molecule has 2 heterocycles. The second kappa shape index (κ2) is 5.45. The number of rotatable bonds is 2. The maximum Gasteiger partial charge on any atom is 0.229 e. The Morgan fingerprint density at radius 1 is 1.18 bits per heavy atom. The van der Waals surface area contributed by atoms with E-state index in [1.165, 1.54) is 0 Å². The Balaban J connectivity index is 1.66. The van der Waals surface area contributed by atoms with Crippen LogP contribution in [0.15, 0.2) is 58.4 Å². The number of halogens is 1. The molecule has 2 aliphatic heterocycles. The molecule has 2 aromatic carbocycles. The van der Waals surface area contributed by atoms with Crippen molar-refractivity contribution in [3.63, 3.8) is 0 Å². The molecule has 1 fully saturated rings. The Labute approximate surface area is 138 Å². The third-order valence-electron chi connectivity index (χ3n) is 3.85. The van der Waals surface area contributed by atoms with Crippen molar-refractivity contribution in [1.29, 1.82) is 0 Å². The van der Waals surface area contributed by atoms with Crippen LogP contribution in [0, 0.1) is 0 Å². The first-order chi connectivity index (χ1) is 10.7. The molecule has 0 N–H and O–H groups in total. The van der Waals surface area contributed by atoms with Crippen molar-refractivity contribution in [3.8, 4) is 0 Å². The van der Waals surface area contributed by atoms with Crippen molar-refractivity contribution in [1.82, 2.24) is 4.90 Å². The molecule has 3 nitrogen and oxygen atoms in total. The topological polar surface area (TPSA) is 32.7 Å². The standard InChI is InChI=1S/C17H13ClN2OS/c18-12-7-5-11(6-8-12)10-20-16(21)9-15-17(20)19-13-3-1-2-4-14(13)22-15/h1-8,15H,9-10H2/t15-/m0/s1. The van der Waals surface area contributed by atoms with E-state index in [4.69, 9.17) is 16.6 Å². The van der Waals surface area contributed by atoms with Crippen LogP contribution in [0.25, 0.3) is 0 Å². The van der Waals surface area contributed by atoms with E-state index in [2.05, 4.69) is 6.07 Å². The first-order valence-corrected chi connectivity index (χ1v) is 8.35. The van der Waals surface area contributed by atoms with Crippen LogP contribution in [-0.4, -0.2) is 21.9 Å². The zero-order valence-corrected chi connectivity index (χ0v) is 13.3. The normalized spacial score (nSPS) is 19.7. The van der Waals surface area contributed by atoms with Crippen LogP contribution in [0.2, 0.25) is 5.02 Å². The third kappa shape index (κ3) is 2.42. The SMILES string of the molecule is O=C1C[C@@H]2Sc3ccccc3N=C2N1Cc1ccc(Cl)cc1. The van der Waals surface area contributed by atoms with E-state index in [0.29, 0.717) is 18.0 Å². The molecule has 22 heavy (non-hydrogen) atoms. The number of amidine groups is 1. The van der Waals surface area contributed by atoms with E-state index in [1.807, 2.05) is 42.5 Å². The van der Waals surface area contributed by atoms with Gasteiger partial charge >= 0.3 is 0 Å². The fourth-order valence-corrected chi connectivity index (χ4v) is 4.09. The van der Waals surface area contributed by atoms with Crippen molar-refractivity contribution >= 4 is 40.8 Å². The molecule has 5 heteroatoms. The Bertz CT molecular complexity index is 772. The minimum absolute atomic E-state index is 0.134. The van der Waals surface area contributed by atoms with Gasteiger partial charge in [-0.3, -0.25) is 9.69 Å². The minimum atomic E-state index is 0.134. The van der Waals surface area contributed by atoms with E-state index >= 15 is 0 Å². The van der Waals surface area contributed by atoms with Gasteiger partial charge < -0.3 is 0 Å². The van der Waals surface area contributed by atoms with Gasteiger partial charge in [0.05, 0.1) is 17.5 Å². The average molecular weight is 329 g/mol. The van der Waals surface area contributed by atoms with Crippen molar-refractivity contribution in [2.75, 3.05) is 0 Å². The lowest BCUT2D eigenvalue weighted by atomic mass is 10.2. The molecule has 2 aliphatic rings. The van der Waals surface area contributed by atoms with Crippen LogP contribution in [0.1, 0.15) is 12.0 Å². The molecule has 0 unspecified atom stereocenters. The molecule has 0 saturated carbocycles. The molecule has 1 amide bonds. The number of amides is 1. The summed E-state index contributed by atoms with van der Waals surface area (Å²) < 4.78 is 0. The van der Waals surface area contributed by atoms with Gasteiger partial charge in [0.1, 0.15) is 5.84 Å². The van der Waals surface area contributed by atoms with Crippen molar-refractivity contribution in [2.45, 2.75) is 23.1 Å². The summed E-state index contributed by atoms with van der Waals surface area (Å²) in [5.74, 6) is 1.02. The lowest BCUT2D eigenvalue weighted by Gasteiger charge is -2.23.